The smallest absolute Gasteiger partial charge is 0.331 e. The highest BCUT2D eigenvalue weighted by molar-refractivity contribution is 6.02. The van der Waals surface area contributed by atoms with Gasteiger partial charge in [0.1, 0.15) is 0 Å². The largest absolute Gasteiger partial charge is 0.369 e. The molecule has 0 saturated carbocycles. The summed E-state index contributed by atoms with van der Waals surface area (Å²) in [6.45, 7) is 7.68. The molecule has 1 fully saturated rings. The third kappa shape index (κ3) is 2.99. The highest BCUT2D eigenvalue weighted by Crippen LogP contribution is 2.38. The molecule has 4 aromatic rings. The van der Waals surface area contributed by atoms with Gasteiger partial charge in [-0.25, -0.2) is 4.79 Å². The number of fused-ring (bicyclic) bond motifs is 2. The van der Waals surface area contributed by atoms with Gasteiger partial charge in [-0.2, -0.15) is 0 Å². The van der Waals surface area contributed by atoms with Crippen LogP contribution in [0.5, 0.6) is 0 Å². The van der Waals surface area contributed by atoms with E-state index in [1.807, 2.05) is 36.5 Å². The van der Waals surface area contributed by atoms with Crippen molar-refractivity contribution in [3.63, 3.8) is 0 Å². The van der Waals surface area contributed by atoms with Crippen LogP contribution in [0.3, 0.4) is 0 Å². The fourth-order valence-electron chi connectivity index (χ4n) is 4.91. The summed E-state index contributed by atoms with van der Waals surface area (Å²) in [5.74, 6) is 0. The number of aromatic nitrogens is 2. The lowest BCUT2D eigenvalue weighted by atomic mass is 10.0. The first-order valence-corrected chi connectivity index (χ1v) is 11.2. The molecule has 3 heterocycles. The van der Waals surface area contributed by atoms with Crippen molar-refractivity contribution in [2.75, 3.05) is 37.6 Å². The number of rotatable bonds is 3. The van der Waals surface area contributed by atoms with E-state index in [0.29, 0.717) is 0 Å². The van der Waals surface area contributed by atoms with Gasteiger partial charge in [0, 0.05) is 49.2 Å². The normalized spacial score (nSPS) is 15.7. The van der Waals surface area contributed by atoms with Crippen molar-refractivity contribution in [3.05, 3.63) is 76.7 Å². The minimum atomic E-state index is -0.141. The first kappa shape index (κ1) is 19.1. The minimum absolute atomic E-state index is 0.141. The summed E-state index contributed by atoms with van der Waals surface area (Å²) in [7, 11) is 0. The number of imidazole rings is 1. The molecule has 0 aliphatic carbocycles. The minimum Gasteiger partial charge on any atom is -0.369 e. The predicted octanol–water partition coefficient (Wildman–Crippen LogP) is 4.19. The number of nitrogens with zero attached hydrogens (tertiary/aromatic N) is 4. The van der Waals surface area contributed by atoms with Crippen molar-refractivity contribution in [2.45, 2.75) is 6.92 Å². The molecule has 1 saturated heterocycles. The summed E-state index contributed by atoms with van der Waals surface area (Å²) < 4.78 is 1.75. The number of hydrogen-bond donors (Lipinski definition) is 1. The van der Waals surface area contributed by atoms with Gasteiger partial charge in [-0.15, -0.1) is 0 Å². The van der Waals surface area contributed by atoms with E-state index in [1.165, 1.54) is 5.69 Å². The van der Waals surface area contributed by atoms with Gasteiger partial charge < -0.3 is 14.8 Å². The number of nitrogens with one attached hydrogen (secondary N) is 1. The fraction of sp³-hybridized carbons (Fsp3) is 0.231. The highest BCUT2D eigenvalue weighted by Gasteiger charge is 2.20. The van der Waals surface area contributed by atoms with E-state index in [4.69, 9.17) is 4.99 Å². The van der Waals surface area contributed by atoms with Gasteiger partial charge in [0.05, 0.1) is 22.4 Å². The van der Waals surface area contributed by atoms with Crippen molar-refractivity contribution in [1.29, 1.82) is 0 Å². The number of likely N-dealkylation sites (N-methyl/N-ethyl adjacent to an activating group) is 1. The molecule has 2 aliphatic heterocycles. The SMILES string of the molecule is CCN1CCN(c2ccc(-c3cccc4c3N=Cc3cccc5[nH]c(=O)n-4c35)cc2)CC1. The molecular formula is C26H25N5O. The second-order valence-electron chi connectivity index (χ2n) is 8.41. The molecule has 0 atom stereocenters. The van der Waals surface area contributed by atoms with Crippen LogP contribution in [0.15, 0.2) is 70.5 Å². The number of H-pyrrole nitrogens is 1. The fourth-order valence-corrected chi connectivity index (χ4v) is 4.91. The van der Waals surface area contributed by atoms with Gasteiger partial charge in [0.25, 0.3) is 0 Å². The van der Waals surface area contributed by atoms with Gasteiger partial charge in [-0.3, -0.25) is 9.56 Å². The van der Waals surface area contributed by atoms with Crippen molar-refractivity contribution < 1.29 is 0 Å². The Bertz CT molecular complexity index is 1390. The third-order valence-electron chi connectivity index (χ3n) is 6.69. The number of para-hydroxylation sites is 2. The Morgan fingerprint density at radius 1 is 0.938 bits per heavy atom. The summed E-state index contributed by atoms with van der Waals surface area (Å²) >= 11 is 0. The lowest BCUT2D eigenvalue weighted by Gasteiger charge is -2.35. The summed E-state index contributed by atoms with van der Waals surface area (Å²) in [6, 6.07) is 20.6. The van der Waals surface area contributed by atoms with Gasteiger partial charge in [-0.05, 0) is 36.4 Å². The maximum Gasteiger partial charge on any atom is 0.331 e. The average Bonchev–Trinajstić information content (AvgIpc) is 3.08. The van der Waals surface area contributed by atoms with E-state index in [0.717, 1.165) is 71.8 Å². The lowest BCUT2D eigenvalue weighted by Crippen LogP contribution is -2.46. The zero-order valence-corrected chi connectivity index (χ0v) is 18.1. The number of benzene rings is 3. The van der Waals surface area contributed by atoms with Crippen LogP contribution >= 0.6 is 0 Å². The standard InChI is InChI=1S/C26H25N5O/c1-2-29-13-15-30(16-14-29)20-11-9-18(10-12-20)21-6-4-8-23-24(21)27-17-19-5-3-7-22-25(19)31(23)26(32)28-22/h3-12,17H,2,13-16H2,1H3,(H,28,32). The Hall–Kier alpha value is -3.64. The molecule has 6 nitrogen and oxygen atoms in total. The Kier molecular flexibility index (Phi) is 4.47. The first-order chi connectivity index (χ1) is 15.7. The predicted molar refractivity (Wildman–Crippen MR) is 131 cm³/mol. The van der Waals surface area contributed by atoms with Crippen molar-refractivity contribution in [2.24, 2.45) is 4.99 Å². The molecule has 0 bridgehead atoms. The van der Waals surface area contributed by atoms with Gasteiger partial charge in [0.15, 0.2) is 0 Å². The molecule has 6 heteroatoms. The molecule has 2 aliphatic rings. The number of hydrogen-bond acceptors (Lipinski definition) is 4. The molecule has 0 unspecified atom stereocenters. The van der Waals surface area contributed by atoms with Crippen molar-refractivity contribution in [1.82, 2.24) is 14.5 Å². The summed E-state index contributed by atoms with van der Waals surface area (Å²) in [6.07, 6.45) is 1.86. The Labute approximate surface area is 186 Å². The van der Waals surface area contributed by atoms with E-state index in [9.17, 15) is 4.79 Å². The molecule has 0 radical (unpaired) electrons. The molecular weight excluding hydrogens is 398 g/mol. The third-order valence-corrected chi connectivity index (χ3v) is 6.69. The van der Waals surface area contributed by atoms with Crippen LogP contribution in [0.25, 0.3) is 27.8 Å². The Morgan fingerprint density at radius 3 is 2.50 bits per heavy atom. The Morgan fingerprint density at radius 2 is 1.72 bits per heavy atom. The van der Waals surface area contributed by atoms with Crippen molar-refractivity contribution >= 4 is 28.6 Å². The quantitative estimate of drug-likeness (QED) is 0.473. The van der Waals surface area contributed by atoms with Gasteiger partial charge in [-0.1, -0.05) is 43.3 Å². The Balaban J connectivity index is 1.40. The number of piperazine rings is 1. The molecule has 0 amide bonds. The van der Waals surface area contributed by atoms with Crippen LogP contribution in [0.2, 0.25) is 0 Å². The molecule has 32 heavy (non-hydrogen) atoms. The lowest BCUT2D eigenvalue weighted by molar-refractivity contribution is 0.271. The van der Waals surface area contributed by atoms with E-state index < -0.39 is 0 Å². The van der Waals surface area contributed by atoms with Gasteiger partial charge >= 0.3 is 5.69 Å². The molecule has 1 aromatic heterocycles. The zero-order valence-electron chi connectivity index (χ0n) is 18.1. The second-order valence-corrected chi connectivity index (χ2v) is 8.41. The molecule has 0 spiro atoms. The van der Waals surface area contributed by atoms with E-state index in [1.54, 1.807) is 4.57 Å². The van der Waals surface area contributed by atoms with Gasteiger partial charge in [0.2, 0.25) is 0 Å². The first-order valence-electron chi connectivity index (χ1n) is 11.2. The van der Waals surface area contributed by atoms with E-state index in [-0.39, 0.29) is 5.69 Å². The number of aromatic amines is 1. The van der Waals surface area contributed by atoms with E-state index >= 15 is 0 Å². The molecule has 6 rings (SSSR count). The maximum absolute atomic E-state index is 12.8. The maximum atomic E-state index is 12.8. The summed E-state index contributed by atoms with van der Waals surface area (Å²) in [5, 5.41) is 0. The second kappa shape index (κ2) is 7.50. The number of anilines is 1. The van der Waals surface area contributed by atoms with Crippen molar-refractivity contribution in [3.8, 4) is 16.8 Å². The monoisotopic (exact) mass is 423 g/mol. The highest BCUT2D eigenvalue weighted by atomic mass is 16.1. The van der Waals surface area contributed by atoms with E-state index in [2.05, 4.69) is 52.0 Å². The molecule has 1 N–H and O–H groups in total. The van der Waals surface area contributed by atoms with Crippen LogP contribution in [0, 0.1) is 0 Å². The van der Waals surface area contributed by atoms with Crippen LogP contribution in [-0.2, 0) is 0 Å². The van der Waals surface area contributed by atoms with Crippen LogP contribution in [-0.4, -0.2) is 53.4 Å². The topological polar surface area (TPSA) is 56.6 Å². The van der Waals surface area contributed by atoms with Crippen LogP contribution < -0.4 is 10.6 Å². The summed E-state index contributed by atoms with van der Waals surface area (Å²) in [5.41, 5.74) is 7.49. The van der Waals surface area contributed by atoms with Crippen LogP contribution in [0.1, 0.15) is 12.5 Å². The van der Waals surface area contributed by atoms with Crippen LogP contribution in [0.4, 0.5) is 11.4 Å². The molecule has 3 aromatic carbocycles. The molecule has 160 valence electrons. The number of aliphatic imine (C=N–C) groups is 1. The summed E-state index contributed by atoms with van der Waals surface area (Å²) in [4.78, 5) is 25.6. The zero-order chi connectivity index (χ0) is 21.7. The average molecular weight is 424 g/mol.